The summed E-state index contributed by atoms with van der Waals surface area (Å²) in [7, 11) is 0. The molecule has 0 radical (unpaired) electrons. The quantitative estimate of drug-likeness (QED) is 0.883. The maximum absolute atomic E-state index is 5.62. The highest BCUT2D eigenvalue weighted by Crippen LogP contribution is 2.19. The molecule has 2 rings (SSSR count). The van der Waals surface area contributed by atoms with E-state index in [0.29, 0.717) is 6.54 Å². The van der Waals surface area contributed by atoms with Gasteiger partial charge in [0.2, 0.25) is 0 Å². The molecule has 0 fully saturated rings. The fourth-order valence-corrected chi connectivity index (χ4v) is 2.49. The van der Waals surface area contributed by atoms with Gasteiger partial charge < -0.3 is 5.73 Å². The van der Waals surface area contributed by atoms with E-state index in [9.17, 15) is 0 Å². The van der Waals surface area contributed by atoms with Crippen LogP contribution in [0.25, 0.3) is 0 Å². The molecule has 19 heavy (non-hydrogen) atoms. The Morgan fingerprint density at radius 2 is 1.53 bits per heavy atom. The van der Waals surface area contributed by atoms with E-state index in [-0.39, 0.29) is 0 Å². The first-order valence-electron chi connectivity index (χ1n) is 6.94. The van der Waals surface area contributed by atoms with Crippen molar-refractivity contribution in [3.8, 4) is 0 Å². The third-order valence-electron chi connectivity index (χ3n) is 3.77. The number of nitrogens with two attached hydrogens (primary N) is 1. The first kappa shape index (κ1) is 13.8. The van der Waals surface area contributed by atoms with E-state index < -0.39 is 0 Å². The molecule has 0 amide bonds. The molecule has 1 nitrogen and oxygen atoms in total. The van der Waals surface area contributed by atoms with Gasteiger partial charge in [0, 0.05) is 0 Å². The maximum atomic E-state index is 5.62. The van der Waals surface area contributed by atoms with Gasteiger partial charge in [0.1, 0.15) is 0 Å². The van der Waals surface area contributed by atoms with Gasteiger partial charge in [-0.05, 0) is 73.5 Å². The highest BCUT2D eigenvalue weighted by Gasteiger charge is 2.04. The molecule has 0 saturated carbocycles. The number of hydrogen-bond acceptors (Lipinski definition) is 1. The summed E-state index contributed by atoms with van der Waals surface area (Å²) in [6, 6.07) is 13.4. The van der Waals surface area contributed by atoms with Gasteiger partial charge in [-0.1, -0.05) is 36.4 Å². The van der Waals surface area contributed by atoms with Crippen molar-refractivity contribution in [3.05, 3.63) is 69.8 Å². The molecule has 0 aliphatic carbocycles. The number of rotatable bonds is 4. The lowest BCUT2D eigenvalue weighted by molar-refractivity contribution is 0.963. The Labute approximate surface area is 116 Å². The van der Waals surface area contributed by atoms with Crippen LogP contribution in [0.1, 0.15) is 33.4 Å². The van der Waals surface area contributed by atoms with Crippen LogP contribution in [0.4, 0.5) is 0 Å². The predicted octanol–water partition coefficient (Wildman–Crippen LogP) is 3.70. The Balaban J connectivity index is 2.25. The number of benzene rings is 2. The predicted molar refractivity (Wildman–Crippen MR) is 82.7 cm³/mol. The second-order valence-electron chi connectivity index (χ2n) is 5.40. The third-order valence-corrected chi connectivity index (χ3v) is 3.77. The SMILES string of the molecule is Cc1cc(C)c(Cc2cccc(CCN)c2)cc1C. The molecule has 0 bridgehead atoms. The van der Waals surface area contributed by atoms with Crippen molar-refractivity contribution in [1.82, 2.24) is 0 Å². The van der Waals surface area contributed by atoms with Crippen molar-refractivity contribution in [3.63, 3.8) is 0 Å². The van der Waals surface area contributed by atoms with Crippen molar-refractivity contribution in [2.45, 2.75) is 33.6 Å². The average molecular weight is 253 g/mol. The molecule has 100 valence electrons. The lowest BCUT2D eigenvalue weighted by Crippen LogP contribution is -2.03. The second-order valence-corrected chi connectivity index (χ2v) is 5.40. The van der Waals surface area contributed by atoms with Gasteiger partial charge >= 0.3 is 0 Å². The van der Waals surface area contributed by atoms with Crippen LogP contribution in [-0.2, 0) is 12.8 Å². The van der Waals surface area contributed by atoms with Crippen molar-refractivity contribution < 1.29 is 0 Å². The van der Waals surface area contributed by atoms with Crippen LogP contribution in [-0.4, -0.2) is 6.54 Å². The van der Waals surface area contributed by atoms with Gasteiger partial charge in [-0.3, -0.25) is 0 Å². The number of hydrogen-bond donors (Lipinski definition) is 1. The van der Waals surface area contributed by atoms with E-state index in [1.54, 1.807) is 0 Å². The van der Waals surface area contributed by atoms with E-state index >= 15 is 0 Å². The van der Waals surface area contributed by atoms with Crippen LogP contribution >= 0.6 is 0 Å². The van der Waals surface area contributed by atoms with E-state index in [1.807, 2.05) is 0 Å². The largest absolute Gasteiger partial charge is 0.330 e. The summed E-state index contributed by atoms with van der Waals surface area (Å²) >= 11 is 0. The molecule has 0 saturated heterocycles. The van der Waals surface area contributed by atoms with Crippen molar-refractivity contribution in [1.29, 1.82) is 0 Å². The highest BCUT2D eigenvalue weighted by atomic mass is 14.5. The smallest absolute Gasteiger partial charge is 0.00229 e. The van der Waals surface area contributed by atoms with Crippen LogP contribution in [0.5, 0.6) is 0 Å². The van der Waals surface area contributed by atoms with Gasteiger partial charge in [0.05, 0.1) is 0 Å². The van der Waals surface area contributed by atoms with Gasteiger partial charge in [0.15, 0.2) is 0 Å². The zero-order valence-electron chi connectivity index (χ0n) is 12.2. The molecular weight excluding hydrogens is 230 g/mol. The summed E-state index contributed by atoms with van der Waals surface area (Å²) in [5.74, 6) is 0. The Hall–Kier alpha value is -1.60. The lowest BCUT2D eigenvalue weighted by Gasteiger charge is -2.11. The average Bonchev–Trinajstić information content (AvgIpc) is 2.37. The minimum Gasteiger partial charge on any atom is -0.330 e. The molecule has 0 spiro atoms. The summed E-state index contributed by atoms with van der Waals surface area (Å²) in [5.41, 5.74) is 13.9. The fourth-order valence-electron chi connectivity index (χ4n) is 2.49. The first-order chi connectivity index (χ1) is 9.10. The van der Waals surface area contributed by atoms with E-state index in [4.69, 9.17) is 5.73 Å². The van der Waals surface area contributed by atoms with Gasteiger partial charge in [0.25, 0.3) is 0 Å². The van der Waals surface area contributed by atoms with Crippen LogP contribution in [0, 0.1) is 20.8 Å². The van der Waals surface area contributed by atoms with Crippen LogP contribution in [0.15, 0.2) is 36.4 Å². The Morgan fingerprint density at radius 1 is 0.842 bits per heavy atom. The third kappa shape index (κ3) is 3.45. The fraction of sp³-hybridized carbons (Fsp3) is 0.333. The van der Waals surface area contributed by atoms with Crippen molar-refractivity contribution >= 4 is 0 Å². The Kier molecular flexibility index (Phi) is 4.39. The lowest BCUT2D eigenvalue weighted by atomic mass is 9.95. The highest BCUT2D eigenvalue weighted by molar-refractivity contribution is 5.39. The molecule has 0 unspecified atom stereocenters. The Bertz CT molecular complexity index is 570. The van der Waals surface area contributed by atoms with E-state index in [0.717, 1.165) is 12.8 Å². The van der Waals surface area contributed by atoms with Crippen LogP contribution in [0.3, 0.4) is 0 Å². The van der Waals surface area contributed by atoms with Gasteiger partial charge in [-0.2, -0.15) is 0 Å². The topological polar surface area (TPSA) is 26.0 Å². The molecule has 2 N–H and O–H groups in total. The molecule has 2 aromatic carbocycles. The van der Waals surface area contributed by atoms with Crippen molar-refractivity contribution in [2.24, 2.45) is 5.73 Å². The van der Waals surface area contributed by atoms with E-state index in [1.165, 1.54) is 33.4 Å². The maximum Gasteiger partial charge on any atom is -0.00229 e. The molecule has 0 heterocycles. The van der Waals surface area contributed by atoms with Gasteiger partial charge in [-0.25, -0.2) is 0 Å². The number of aryl methyl sites for hydroxylation is 3. The summed E-state index contributed by atoms with van der Waals surface area (Å²) in [6.45, 7) is 7.27. The minimum atomic E-state index is 0.714. The Morgan fingerprint density at radius 3 is 2.26 bits per heavy atom. The minimum absolute atomic E-state index is 0.714. The molecule has 0 atom stereocenters. The molecule has 0 aliphatic heterocycles. The summed E-state index contributed by atoms with van der Waals surface area (Å²) in [4.78, 5) is 0. The monoisotopic (exact) mass is 253 g/mol. The zero-order valence-corrected chi connectivity index (χ0v) is 12.2. The van der Waals surface area contributed by atoms with E-state index in [2.05, 4.69) is 57.2 Å². The first-order valence-corrected chi connectivity index (χ1v) is 6.94. The van der Waals surface area contributed by atoms with Gasteiger partial charge in [-0.15, -0.1) is 0 Å². The summed E-state index contributed by atoms with van der Waals surface area (Å²) in [5, 5.41) is 0. The van der Waals surface area contributed by atoms with Crippen molar-refractivity contribution in [2.75, 3.05) is 6.54 Å². The van der Waals surface area contributed by atoms with Crippen LogP contribution in [0.2, 0.25) is 0 Å². The molecular formula is C18H23N. The van der Waals surface area contributed by atoms with Crippen LogP contribution < -0.4 is 5.73 Å². The summed E-state index contributed by atoms with van der Waals surface area (Å²) in [6.07, 6.45) is 1.96. The second kappa shape index (κ2) is 6.03. The standard InChI is InChI=1S/C18H23N/c1-13-9-15(3)18(10-14(13)2)12-17-6-4-5-16(11-17)7-8-19/h4-6,9-11H,7-8,12,19H2,1-3H3. The molecule has 0 aliphatic rings. The molecule has 1 heteroatoms. The zero-order chi connectivity index (χ0) is 13.8. The molecule has 2 aromatic rings. The normalized spacial score (nSPS) is 10.7. The molecule has 0 aromatic heterocycles. The summed E-state index contributed by atoms with van der Waals surface area (Å²) < 4.78 is 0.